The van der Waals surface area contributed by atoms with Gasteiger partial charge in [0.05, 0.1) is 22.8 Å². The Labute approximate surface area is 335 Å². The van der Waals surface area contributed by atoms with Crippen molar-refractivity contribution in [1.29, 1.82) is 0 Å². The Bertz CT molecular complexity index is 2960. The molecule has 0 aliphatic heterocycles. The average molecular weight is 740 g/mol. The number of hydrogen-bond donors (Lipinski definition) is 0. The van der Waals surface area contributed by atoms with Gasteiger partial charge in [-0.15, -0.1) is 0 Å². The number of hydrogen-bond acceptors (Lipinski definition) is 5. The minimum Gasteiger partial charge on any atom is -0.241 e. The van der Waals surface area contributed by atoms with E-state index >= 15 is 0 Å². The van der Waals surface area contributed by atoms with E-state index in [1.165, 1.54) is 21.5 Å². The van der Waals surface area contributed by atoms with Crippen LogP contribution < -0.4 is 0 Å². The van der Waals surface area contributed by atoms with Gasteiger partial charge >= 0.3 is 0 Å². The lowest BCUT2D eigenvalue weighted by Gasteiger charge is -2.12. The highest BCUT2D eigenvalue weighted by Crippen LogP contribution is 2.33. The fourth-order valence-corrected chi connectivity index (χ4v) is 7.79. The van der Waals surface area contributed by atoms with Crippen LogP contribution in [0.3, 0.4) is 0 Å². The van der Waals surface area contributed by atoms with Crippen LogP contribution in [-0.2, 0) is 0 Å². The molecule has 0 N–H and O–H groups in total. The van der Waals surface area contributed by atoms with Gasteiger partial charge in [0.1, 0.15) is 11.4 Å². The van der Waals surface area contributed by atoms with Crippen LogP contribution in [-0.4, -0.2) is 24.9 Å². The summed E-state index contributed by atoms with van der Waals surface area (Å²) in [5.74, 6) is 1.05. The third-order valence-corrected chi connectivity index (χ3v) is 10.8. The standard InChI is InChI=1S/C53H33N5/c1-5-14-38-28-42(24-20-34(38)10-1)48-32-49(43-25-21-35-11-2-6-15-39(35)29-43)56-52(55-48)46-18-9-19-47(54-46)53-57-50(44-26-22-36-12-3-7-16-40(36)30-44)33-51(58-53)45-27-23-37-13-4-8-17-41(37)31-45/h1-33H. The van der Waals surface area contributed by atoms with Crippen molar-refractivity contribution in [1.82, 2.24) is 24.9 Å². The quantitative estimate of drug-likeness (QED) is 0.170. The zero-order valence-corrected chi connectivity index (χ0v) is 31.3. The average Bonchev–Trinajstić information content (AvgIpc) is 3.30. The molecule has 0 radical (unpaired) electrons. The van der Waals surface area contributed by atoms with E-state index in [0.717, 1.165) is 66.6 Å². The Balaban J connectivity index is 1.07. The lowest BCUT2D eigenvalue weighted by molar-refractivity contribution is 1.12. The normalized spacial score (nSPS) is 11.4. The molecule has 8 aromatic carbocycles. The van der Waals surface area contributed by atoms with Crippen LogP contribution >= 0.6 is 0 Å². The van der Waals surface area contributed by atoms with E-state index in [9.17, 15) is 0 Å². The van der Waals surface area contributed by atoms with E-state index in [-0.39, 0.29) is 0 Å². The van der Waals surface area contributed by atoms with Gasteiger partial charge in [0.15, 0.2) is 11.6 Å². The van der Waals surface area contributed by atoms with Crippen molar-refractivity contribution in [2.75, 3.05) is 0 Å². The number of nitrogens with zero attached hydrogens (tertiary/aromatic N) is 5. The molecular weight excluding hydrogens is 707 g/mol. The number of pyridine rings is 1. The molecule has 58 heavy (non-hydrogen) atoms. The molecule has 0 bridgehead atoms. The molecule has 0 fully saturated rings. The highest BCUT2D eigenvalue weighted by Gasteiger charge is 2.17. The van der Waals surface area contributed by atoms with Gasteiger partial charge in [-0.2, -0.15) is 0 Å². The lowest BCUT2D eigenvalue weighted by atomic mass is 10.0. The second-order valence-electron chi connectivity index (χ2n) is 14.6. The van der Waals surface area contributed by atoms with Crippen LogP contribution in [0.25, 0.3) is 111 Å². The van der Waals surface area contributed by atoms with Gasteiger partial charge in [-0.25, -0.2) is 24.9 Å². The first kappa shape index (κ1) is 33.4. The minimum absolute atomic E-state index is 0.524. The molecule has 0 unspecified atom stereocenters. The van der Waals surface area contributed by atoms with Crippen molar-refractivity contribution >= 4 is 43.1 Å². The zero-order valence-electron chi connectivity index (χ0n) is 31.3. The van der Waals surface area contributed by atoms with Gasteiger partial charge in [-0.05, 0) is 91.6 Å². The summed E-state index contributed by atoms with van der Waals surface area (Å²) in [6, 6.07) is 69.5. The van der Waals surface area contributed by atoms with Crippen molar-refractivity contribution in [3.63, 3.8) is 0 Å². The van der Waals surface area contributed by atoms with Crippen molar-refractivity contribution < 1.29 is 0 Å². The van der Waals surface area contributed by atoms with E-state index in [1.807, 2.05) is 18.2 Å². The first-order chi connectivity index (χ1) is 28.7. The molecule has 270 valence electrons. The molecule has 0 saturated carbocycles. The first-order valence-corrected chi connectivity index (χ1v) is 19.4. The Hall–Kier alpha value is -7.89. The van der Waals surface area contributed by atoms with Crippen LogP contribution in [0.2, 0.25) is 0 Å². The molecule has 5 heteroatoms. The van der Waals surface area contributed by atoms with E-state index < -0.39 is 0 Å². The SMILES string of the molecule is c1cc(-c2nc(-c3ccc4ccccc4c3)cc(-c3ccc4ccccc4c3)n2)nc(-c2nc(-c3ccc4ccccc4c3)cc(-c3ccc4ccccc4c3)n2)c1. The molecule has 11 aromatic rings. The van der Waals surface area contributed by atoms with Crippen LogP contribution in [0.1, 0.15) is 0 Å². The summed E-state index contributed by atoms with van der Waals surface area (Å²) in [5.41, 5.74) is 8.57. The predicted molar refractivity (Wildman–Crippen MR) is 238 cm³/mol. The second kappa shape index (κ2) is 14.0. The Kier molecular flexibility index (Phi) is 8.07. The Morgan fingerprint density at radius 3 is 0.759 bits per heavy atom. The highest BCUT2D eigenvalue weighted by molar-refractivity contribution is 5.91. The maximum Gasteiger partial charge on any atom is 0.179 e. The molecule has 0 amide bonds. The number of aromatic nitrogens is 5. The fourth-order valence-electron chi connectivity index (χ4n) is 7.79. The van der Waals surface area contributed by atoms with E-state index in [1.54, 1.807) is 0 Å². The van der Waals surface area contributed by atoms with Gasteiger partial charge < -0.3 is 0 Å². The smallest absolute Gasteiger partial charge is 0.179 e. The van der Waals surface area contributed by atoms with Crippen LogP contribution in [0.5, 0.6) is 0 Å². The van der Waals surface area contributed by atoms with E-state index in [2.05, 4.69) is 182 Å². The molecule has 0 aliphatic carbocycles. The largest absolute Gasteiger partial charge is 0.241 e. The maximum atomic E-state index is 5.20. The molecule has 0 aliphatic rings. The highest BCUT2D eigenvalue weighted by atomic mass is 15.0. The Morgan fingerprint density at radius 1 is 0.190 bits per heavy atom. The summed E-state index contributed by atoms with van der Waals surface area (Å²) in [7, 11) is 0. The molecule has 3 aromatic heterocycles. The van der Waals surface area contributed by atoms with E-state index in [0.29, 0.717) is 23.0 Å². The van der Waals surface area contributed by atoms with Crippen molar-refractivity contribution in [2.24, 2.45) is 0 Å². The zero-order chi connectivity index (χ0) is 38.4. The minimum atomic E-state index is 0.524. The molecule has 3 heterocycles. The van der Waals surface area contributed by atoms with Crippen molar-refractivity contribution in [2.45, 2.75) is 0 Å². The van der Waals surface area contributed by atoms with Crippen LogP contribution in [0, 0.1) is 0 Å². The van der Waals surface area contributed by atoms with Gasteiger partial charge in [-0.3, -0.25) is 0 Å². The van der Waals surface area contributed by atoms with Gasteiger partial charge in [0.2, 0.25) is 0 Å². The van der Waals surface area contributed by atoms with Gasteiger partial charge in [0, 0.05) is 22.3 Å². The fraction of sp³-hybridized carbons (Fsp3) is 0. The summed E-state index contributed by atoms with van der Waals surface area (Å²) in [4.78, 5) is 25.9. The van der Waals surface area contributed by atoms with Crippen LogP contribution in [0.4, 0.5) is 0 Å². The summed E-state index contributed by atoms with van der Waals surface area (Å²) >= 11 is 0. The summed E-state index contributed by atoms with van der Waals surface area (Å²) in [5, 5.41) is 9.32. The lowest BCUT2D eigenvalue weighted by Crippen LogP contribution is -2.00. The number of rotatable bonds is 6. The molecule has 0 saturated heterocycles. The molecule has 0 atom stereocenters. The number of fused-ring (bicyclic) bond motifs is 4. The molecular formula is C53H33N5. The number of benzene rings is 8. The topological polar surface area (TPSA) is 64.5 Å². The van der Waals surface area contributed by atoms with Gasteiger partial charge in [-0.1, -0.05) is 152 Å². The maximum absolute atomic E-state index is 5.20. The monoisotopic (exact) mass is 739 g/mol. The Morgan fingerprint density at radius 2 is 0.466 bits per heavy atom. The third kappa shape index (κ3) is 6.31. The van der Waals surface area contributed by atoms with Crippen molar-refractivity contribution in [3.05, 3.63) is 200 Å². The molecule has 0 spiro atoms. The van der Waals surface area contributed by atoms with Gasteiger partial charge in [0.25, 0.3) is 0 Å². The van der Waals surface area contributed by atoms with E-state index in [4.69, 9.17) is 24.9 Å². The summed E-state index contributed by atoms with van der Waals surface area (Å²) in [6.45, 7) is 0. The molecule has 11 rings (SSSR count). The second-order valence-corrected chi connectivity index (χ2v) is 14.6. The molecule has 5 nitrogen and oxygen atoms in total. The van der Waals surface area contributed by atoms with Crippen LogP contribution in [0.15, 0.2) is 200 Å². The summed E-state index contributed by atoms with van der Waals surface area (Å²) < 4.78 is 0. The summed E-state index contributed by atoms with van der Waals surface area (Å²) in [6.07, 6.45) is 0. The van der Waals surface area contributed by atoms with Crippen molar-refractivity contribution in [3.8, 4) is 68.1 Å². The third-order valence-electron chi connectivity index (χ3n) is 10.8. The predicted octanol–water partition coefficient (Wildman–Crippen LogP) is 13.3. The first-order valence-electron chi connectivity index (χ1n) is 19.4.